The Kier molecular flexibility index (Phi) is 4.38. The van der Waals surface area contributed by atoms with Gasteiger partial charge in [-0.25, -0.2) is 4.39 Å². The second-order valence-electron chi connectivity index (χ2n) is 5.94. The van der Waals surface area contributed by atoms with Crippen LogP contribution in [0.5, 0.6) is 0 Å². The molecule has 0 atom stereocenters. The van der Waals surface area contributed by atoms with Crippen LogP contribution < -0.4 is 11.3 Å². The van der Waals surface area contributed by atoms with Crippen molar-refractivity contribution in [1.82, 2.24) is 19.7 Å². The number of rotatable bonds is 3. The van der Waals surface area contributed by atoms with Gasteiger partial charge in [0, 0.05) is 28.9 Å². The molecule has 0 amide bonds. The Balaban J connectivity index is 2.04. The number of hydrogen-bond acceptors (Lipinski definition) is 6. The van der Waals surface area contributed by atoms with E-state index in [2.05, 4.69) is 15.2 Å². The van der Waals surface area contributed by atoms with Gasteiger partial charge < -0.3 is 14.7 Å². The average molecular weight is 477 g/mol. The van der Waals surface area contributed by atoms with Crippen LogP contribution in [-0.2, 0) is 13.5 Å². The molecule has 3 heterocycles. The highest BCUT2D eigenvalue weighted by Crippen LogP contribution is 2.30. The Hall–Kier alpha value is -2.82. The lowest BCUT2D eigenvalue weighted by Gasteiger charge is -2.15. The van der Waals surface area contributed by atoms with E-state index in [9.17, 15) is 9.18 Å². The zero-order chi connectivity index (χ0) is 19.1. The van der Waals surface area contributed by atoms with Gasteiger partial charge in [0.2, 0.25) is 0 Å². The van der Waals surface area contributed by atoms with Gasteiger partial charge in [-0.15, -0.1) is 5.10 Å². The largest absolute Gasteiger partial charge is 0.403 e. The molecule has 0 aliphatic carbocycles. The predicted octanol–water partition coefficient (Wildman–Crippen LogP) is 2.90. The van der Waals surface area contributed by atoms with E-state index in [4.69, 9.17) is 10.2 Å². The third-order valence-electron chi connectivity index (χ3n) is 4.30. The van der Waals surface area contributed by atoms with Gasteiger partial charge in [0.15, 0.2) is 0 Å². The number of pyridine rings is 2. The highest BCUT2D eigenvalue weighted by atomic mass is 127. The van der Waals surface area contributed by atoms with Crippen LogP contribution in [0.25, 0.3) is 22.4 Å². The minimum atomic E-state index is -0.355. The molecular weight excluding hydrogens is 464 g/mol. The fourth-order valence-electron chi connectivity index (χ4n) is 3.00. The molecule has 9 heteroatoms. The number of fused-ring (bicyclic) bond motifs is 1. The minimum Gasteiger partial charge on any atom is -0.403 e. The second kappa shape index (κ2) is 6.72. The molecule has 4 aromatic rings. The van der Waals surface area contributed by atoms with E-state index in [0.29, 0.717) is 27.7 Å². The molecule has 0 spiro atoms. The molecule has 0 bridgehead atoms. The van der Waals surface area contributed by atoms with Crippen molar-refractivity contribution in [2.75, 3.05) is 5.73 Å². The number of nitrogens with two attached hydrogens (primary N) is 1. The van der Waals surface area contributed by atoms with Gasteiger partial charge in [0.1, 0.15) is 5.82 Å². The molecule has 2 N–H and O–H groups in total. The molecule has 0 aliphatic rings. The van der Waals surface area contributed by atoms with Gasteiger partial charge in [0.05, 0.1) is 16.5 Å². The average Bonchev–Trinajstić information content (AvgIpc) is 3.07. The molecule has 0 fully saturated rings. The van der Waals surface area contributed by atoms with Gasteiger partial charge in [0.25, 0.3) is 11.4 Å². The summed E-state index contributed by atoms with van der Waals surface area (Å²) in [5.74, 6) is -0.223. The molecule has 0 unspecified atom stereocenters. The molecular formula is C18H13FIN5O2. The summed E-state index contributed by atoms with van der Waals surface area (Å²) in [4.78, 5) is 17.1. The third-order valence-corrected chi connectivity index (χ3v) is 4.97. The number of nitrogen functional groups attached to an aromatic ring is 1. The lowest BCUT2D eigenvalue weighted by molar-refractivity contribution is 0.587. The van der Waals surface area contributed by atoms with Crippen molar-refractivity contribution in [3.8, 4) is 11.5 Å². The Bertz CT molecular complexity index is 1230. The summed E-state index contributed by atoms with van der Waals surface area (Å²) in [6, 6.07) is 8.18. The van der Waals surface area contributed by atoms with Crippen LogP contribution in [0.3, 0.4) is 0 Å². The van der Waals surface area contributed by atoms with E-state index in [1.54, 1.807) is 37.5 Å². The monoisotopic (exact) mass is 477 g/mol. The molecule has 3 aromatic heterocycles. The SMILES string of the molecule is Cn1c(Cc2ccc(I)cc2F)c(-c2nnc(N)o2)c2ncccc2c1=O. The molecule has 1 aromatic carbocycles. The Labute approximate surface area is 166 Å². The Morgan fingerprint density at radius 3 is 2.81 bits per heavy atom. The Morgan fingerprint density at radius 2 is 2.11 bits per heavy atom. The van der Waals surface area contributed by atoms with Crippen molar-refractivity contribution in [3.05, 3.63) is 67.5 Å². The normalized spacial score (nSPS) is 11.2. The number of benzene rings is 1. The van der Waals surface area contributed by atoms with Gasteiger partial charge in [-0.3, -0.25) is 9.78 Å². The minimum absolute atomic E-state index is 0.102. The van der Waals surface area contributed by atoms with E-state index < -0.39 is 0 Å². The van der Waals surface area contributed by atoms with Crippen LogP contribution in [0.1, 0.15) is 11.3 Å². The number of nitrogens with zero attached hydrogens (tertiary/aromatic N) is 4. The molecule has 27 heavy (non-hydrogen) atoms. The fraction of sp³-hybridized carbons (Fsp3) is 0.111. The van der Waals surface area contributed by atoms with Crippen LogP contribution in [0.15, 0.2) is 45.7 Å². The van der Waals surface area contributed by atoms with Crippen molar-refractivity contribution in [1.29, 1.82) is 0 Å². The van der Waals surface area contributed by atoms with Crippen molar-refractivity contribution >= 4 is 39.5 Å². The second-order valence-corrected chi connectivity index (χ2v) is 7.19. The van der Waals surface area contributed by atoms with Gasteiger partial charge in [-0.1, -0.05) is 11.2 Å². The van der Waals surface area contributed by atoms with E-state index in [-0.39, 0.29) is 29.7 Å². The summed E-state index contributed by atoms with van der Waals surface area (Å²) < 4.78 is 22.1. The van der Waals surface area contributed by atoms with Gasteiger partial charge >= 0.3 is 6.01 Å². The first-order chi connectivity index (χ1) is 13.0. The first-order valence-corrected chi connectivity index (χ1v) is 9.03. The standard InChI is InChI=1S/C18H13FIN5O2/c1-25-13(7-9-4-5-10(20)8-12(9)19)14(16-23-24-18(21)27-16)15-11(17(25)26)3-2-6-22-15/h2-6,8H,7H2,1H3,(H2,21,24). The number of aromatic nitrogens is 4. The molecule has 0 radical (unpaired) electrons. The predicted molar refractivity (Wildman–Crippen MR) is 107 cm³/mol. The fourth-order valence-corrected chi connectivity index (χ4v) is 3.45. The van der Waals surface area contributed by atoms with Crippen LogP contribution in [-0.4, -0.2) is 19.7 Å². The lowest BCUT2D eigenvalue weighted by Crippen LogP contribution is -2.23. The smallest absolute Gasteiger partial charge is 0.313 e. The van der Waals surface area contributed by atoms with Crippen molar-refractivity contribution in [3.63, 3.8) is 0 Å². The lowest BCUT2D eigenvalue weighted by atomic mass is 10.0. The number of hydrogen-bond donors (Lipinski definition) is 1. The summed E-state index contributed by atoms with van der Waals surface area (Å²) in [6.45, 7) is 0. The maximum absolute atomic E-state index is 14.4. The van der Waals surface area contributed by atoms with E-state index in [1.807, 2.05) is 22.6 Å². The van der Waals surface area contributed by atoms with E-state index in [1.165, 1.54) is 10.6 Å². The highest BCUT2D eigenvalue weighted by molar-refractivity contribution is 14.1. The van der Waals surface area contributed by atoms with Crippen LogP contribution >= 0.6 is 22.6 Å². The summed E-state index contributed by atoms with van der Waals surface area (Å²) in [5, 5.41) is 8.06. The molecule has 0 aliphatic heterocycles. The first kappa shape index (κ1) is 17.6. The van der Waals surface area contributed by atoms with Crippen molar-refractivity contribution < 1.29 is 8.81 Å². The summed E-state index contributed by atoms with van der Waals surface area (Å²) in [6.07, 6.45) is 1.72. The van der Waals surface area contributed by atoms with Crippen molar-refractivity contribution in [2.24, 2.45) is 7.05 Å². The van der Waals surface area contributed by atoms with Crippen LogP contribution in [0.2, 0.25) is 0 Å². The number of halogens is 2. The quantitative estimate of drug-likeness (QED) is 0.456. The topological polar surface area (TPSA) is 99.8 Å². The maximum atomic E-state index is 14.4. The molecule has 0 saturated carbocycles. The number of anilines is 1. The van der Waals surface area contributed by atoms with Crippen LogP contribution in [0.4, 0.5) is 10.4 Å². The van der Waals surface area contributed by atoms with E-state index >= 15 is 0 Å². The zero-order valence-electron chi connectivity index (χ0n) is 14.1. The molecule has 136 valence electrons. The Morgan fingerprint density at radius 1 is 1.30 bits per heavy atom. The summed E-state index contributed by atoms with van der Waals surface area (Å²) >= 11 is 2.04. The molecule has 0 saturated heterocycles. The third kappa shape index (κ3) is 3.07. The first-order valence-electron chi connectivity index (χ1n) is 7.95. The molecule has 7 nitrogen and oxygen atoms in total. The van der Waals surface area contributed by atoms with Crippen molar-refractivity contribution in [2.45, 2.75) is 6.42 Å². The van der Waals surface area contributed by atoms with Gasteiger partial charge in [-0.2, -0.15) is 0 Å². The maximum Gasteiger partial charge on any atom is 0.313 e. The molecule has 4 rings (SSSR count). The summed E-state index contributed by atoms with van der Waals surface area (Å²) in [5.41, 5.74) is 7.16. The van der Waals surface area contributed by atoms with Gasteiger partial charge in [-0.05, 0) is 52.4 Å². The van der Waals surface area contributed by atoms with Crippen LogP contribution in [0, 0.1) is 9.39 Å². The highest BCUT2D eigenvalue weighted by Gasteiger charge is 2.22. The summed E-state index contributed by atoms with van der Waals surface area (Å²) in [7, 11) is 1.62. The zero-order valence-corrected chi connectivity index (χ0v) is 16.3. The van der Waals surface area contributed by atoms with E-state index in [0.717, 1.165) is 3.57 Å².